The molecule has 4 aromatic carbocycles. The molecule has 0 aliphatic carbocycles. The minimum atomic E-state index is 0.0361. The Kier molecular flexibility index (Phi) is 9.87. The Bertz CT molecular complexity index is 2920. The van der Waals surface area contributed by atoms with Crippen molar-refractivity contribution in [2.75, 3.05) is 45.8 Å². The highest BCUT2D eigenvalue weighted by Crippen LogP contribution is 2.33. The van der Waals surface area contributed by atoms with E-state index in [1.165, 1.54) is 0 Å². The summed E-state index contributed by atoms with van der Waals surface area (Å²) in [6.07, 6.45) is 10.0. The zero-order valence-electron chi connectivity index (χ0n) is 34.4. The number of para-hydroxylation sites is 2. The van der Waals surface area contributed by atoms with Crippen LogP contribution in [0.25, 0.3) is 56.0 Å². The van der Waals surface area contributed by atoms with Crippen LogP contribution in [0, 0.1) is 5.92 Å². The van der Waals surface area contributed by atoms with E-state index >= 15 is 0 Å². The molecule has 3 saturated heterocycles. The van der Waals surface area contributed by atoms with Gasteiger partial charge in [-0.15, -0.1) is 10.2 Å². The number of aromatic amines is 2. The lowest BCUT2D eigenvalue weighted by Crippen LogP contribution is -2.43. The van der Waals surface area contributed by atoms with Crippen molar-refractivity contribution in [2.45, 2.75) is 44.4 Å². The number of nitrogens with one attached hydrogen (secondary N) is 2. The van der Waals surface area contributed by atoms with E-state index in [9.17, 15) is 9.59 Å². The molecule has 7 heterocycles. The topological polar surface area (TPSA) is 163 Å². The molecule has 0 bridgehead atoms. The predicted molar refractivity (Wildman–Crippen MR) is 235 cm³/mol. The number of H-pyrrole nitrogens is 2. The van der Waals surface area contributed by atoms with E-state index in [1.807, 2.05) is 101 Å². The van der Waals surface area contributed by atoms with Crippen LogP contribution < -0.4 is 0 Å². The second-order valence-corrected chi connectivity index (χ2v) is 17.1. The Morgan fingerprint density at radius 3 is 1.97 bits per heavy atom. The summed E-state index contributed by atoms with van der Waals surface area (Å²) >= 11 is 0. The number of benzene rings is 4. The monoisotopic (exact) mass is 825 g/mol. The van der Waals surface area contributed by atoms with E-state index in [1.54, 1.807) is 9.36 Å². The largest absolute Gasteiger partial charge is 0.339 e. The summed E-state index contributed by atoms with van der Waals surface area (Å²) in [4.78, 5) is 34.6. The number of nitrogens with zero attached hydrogens (tertiary/aromatic N) is 11. The van der Waals surface area contributed by atoms with E-state index < -0.39 is 0 Å². The van der Waals surface area contributed by atoms with E-state index in [-0.39, 0.29) is 17.7 Å². The van der Waals surface area contributed by atoms with E-state index in [0.29, 0.717) is 35.0 Å². The SMILES string of the molecule is O=C(c1cc(C2CCN(CC3CCCN(C(=O)c4cccc(-n5cc(-c6n[nH]c7ccccc67)nn5)c4)C3)C2)cc(-n2cc(-c3n[nH]c4ccccc34)nn2)c1)N1CCCCC1. The van der Waals surface area contributed by atoms with Crippen molar-refractivity contribution < 1.29 is 9.59 Å². The first-order chi connectivity index (χ1) is 30.5. The van der Waals surface area contributed by atoms with Gasteiger partial charge < -0.3 is 14.7 Å². The standard InChI is InChI=1S/C47H47N13O2/c61-46(32-11-8-12-36(23-32)59-29-42(50-54-59)44-38-13-2-4-15-40(38)48-52-44)58-20-9-10-31(27-58)26-56-21-17-33(28-56)34-22-35(47(62)57-18-6-1-7-19-57)25-37(24-34)60-30-43(51-55-60)45-39-14-3-5-16-41(39)49-53-45/h2-5,8,11-16,22-25,29-31,33H,1,6-7,9-10,17-21,26-28H2,(H,48,52)(H,49,53). The fraction of sp³-hybridized carbons (Fsp3) is 0.319. The summed E-state index contributed by atoms with van der Waals surface area (Å²) in [6, 6.07) is 29.8. The molecule has 2 atom stereocenters. The minimum Gasteiger partial charge on any atom is -0.339 e. The molecule has 0 spiro atoms. The fourth-order valence-corrected chi connectivity index (χ4v) is 9.72. The predicted octanol–water partition coefficient (Wildman–Crippen LogP) is 6.90. The molecular formula is C47H47N13O2. The highest BCUT2D eigenvalue weighted by Gasteiger charge is 2.31. The average Bonchev–Trinajstić information content (AvgIpc) is 4.19. The maximum Gasteiger partial charge on any atom is 0.253 e. The number of carbonyl (C=O) groups is 2. The van der Waals surface area contributed by atoms with Gasteiger partial charge in [-0.2, -0.15) is 10.2 Å². The van der Waals surface area contributed by atoms with Crippen LogP contribution in [0.15, 0.2) is 103 Å². The maximum absolute atomic E-state index is 14.0. The van der Waals surface area contributed by atoms with Gasteiger partial charge in [0, 0.05) is 61.2 Å². The highest BCUT2D eigenvalue weighted by atomic mass is 16.2. The molecule has 3 aliphatic rings. The van der Waals surface area contributed by atoms with Crippen LogP contribution in [-0.4, -0.2) is 123 Å². The van der Waals surface area contributed by atoms with E-state index in [0.717, 1.165) is 128 Å². The molecule has 2 unspecified atom stereocenters. The van der Waals surface area contributed by atoms with Crippen LogP contribution >= 0.6 is 0 Å². The Morgan fingerprint density at radius 2 is 1.24 bits per heavy atom. The Hall–Kier alpha value is -7.00. The van der Waals surface area contributed by atoms with Crippen molar-refractivity contribution in [3.63, 3.8) is 0 Å². The van der Waals surface area contributed by atoms with Gasteiger partial charge >= 0.3 is 0 Å². The molecule has 3 aliphatic heterocycles. The number of piperidine rings is 2. The number of carbonyl (C=O) groups excluding carboxylic acids is 2. The average molecular weight is 826 g/mol. The first-order valence-corrected chi connectivity index (χ1v) is 21.8. The second kappa shape index (κ2) is 16.1. The smallest absolute Gasteiger partial charge is 0.253 e. The van der Waals surface area contributed by atoms with Crippen molar-refractivity contribution in [3.8, 4) is 34.2 Å². The maximum atomic E-state index is 14.0. The molecule has 62 heavy (non-hydrogen) atoms. The van der Waals surface area contributed by atoms with Gasteiger partial charge in [-0.05, 0) is 111 Å². The zero-order chi connectivity index (χ0) is 41.6. The van der Waals surface area contributed by atoms with Crippen LogP contribution in [0.2, 0.25) is 0 Å². The summed E-state index contributed by atoms with van der Waals surface area (Å²) < 4.78 is 3.48. The third-order valence-electron chi connectivity index (χ3n) is 12.9. The van der Waals surface area contributed by atoms with Gasteiger partial charge in [0.25, 0.3) is 11.8 Å². The molecule has 0 radical (unpaired) electrons. The first-order valence-electron chi connectivity index (χ1n) is 21.8. The van der Waals surface area contributed by atoms with Crippen molar-refractivity contribution in [3.05, 3.63) is 120 Å². The number of hydrogen-bond donors (Lipinski definition) is 2. The minimum absolute atomic E-state index is 0.0361. The van der Waals surface area contributed by atoms with Gasteiger partial charge in [0.05, 0.1) is 34.8 Å². The van der Waals surface area contributed by atoms with Crippen molar-refractivity contribution in [2.24, 2.45) is 5.92 Å². The number of fused-ring (bicyclic) bond motifs is 2. The van der Waals surface area contributed by atoms with E-state index in [2.05, 4.69) is 58.1 Å². The molecule has 15 heteroatoms. The molecule has 312 valence electrons. The number of aromatic nitrogens is 10. The molecule has 8 aromatic rings. The van der Waals surface area contributed by atoms with Crippen molar-refractivity contribution in [1.29, 1.82) is 0 Å². The zero-order valence-corrected chi connectivity index (χ0v) is 34.4. The van der Waals surface area contributed by atoms with Gasteiger partial charge in [0.2, 0.25) is 0 Å². The Morgan fingerprint density at radius 1 is 0.597 bits per heavy atom. The molecule has 2 amide bonds. The summed E-state index contributed by atoms with van der Waals surface area (Å²) in [6.45, 7) is 5.81. The molecule has 0 saturated carbocycles. The third-order valence-corrected chi connectivity index (χ3v) is 12.9. The normalized spacial score (nSPS) is 18.6. The van der Waals surface area contributed by atoms with Crippen LogP contribution in [0.3, 0.4) is 0 Å². The summed E-state index contributed by atoms with van der Waals surface area (Å²) in [7, 11) is 0. The lowest BCUT2D eigenvalue weighted by Gasteiger charge is -2.35. The molecule has 3 fully saturated rings. The quantitative estimate of drug-likeness (QED) is 0.158. The highest BCUT2D eigenvalue weighted by molar-refractivity contribution is 5.96. The Labute approximate surface area is 357 Å². The molecule has 4 aromatic heterocycles. The first kappa shape index (κ1) is 38.0. The lowest BCUT2D eigenvalue weighted by molar-refractivity contribution is 0.0647. The number of likely N-dealkylation sites (tertiary alicyclic amines) is 3. The van der Waals surface area contributed by atoms with Gasteiger partial charge in [-0.25, -0.2) is 9.36 Å². The van der Waals surface area contributed by atoms with E-state index in [4.69, 9.17) is 0 Å². The summed E-state index contributed by atoms with van der Waals surface area (Å²) in [5.74, 6) is 0.737. The Balaban J connectivity index is 0.779. The lowest BCUT2D eigenvalue weighted by atomic mass is 9.94. The summed E-state index contributed by atoms with van der Waals surface area (Å²) in [5, 5.41) is 35.0. The second-order valence-electron chi connectivity index (χ2n) is 17.1. The van der Waals surface area contributed by atoms with Crippen molar-refractivity contribution >= 4 is 33.6 Å². The van der Waals surface area contributed by atoms with Crippen LogP contribution in [0.4, 0.5) is 0 Å². The van der Waals surface area contributed by atoms with Crippen LogP contribution in [-0.2, 0) is 0 Å². The summed E-state index contributed by atoms with van der Waals surface area (Å²) in [5.41, 5.74) is 8.76. The molecule has 15 nitrogen and oxygen atoms in total. The number of amides is 2. The fourth-order valence-electron chi connectivity index (χ4n) is 9.72. The molecular weight excluding hydrogens is 779 g/mol. The molecule has 2 N–H and O–H groups in total. The van der Waals surface area contributed by atoms with Crippen LogP contribution in [0.5, 0.6) is 0 Å². The van der Waals surface area contributed by atoms with Gasteiger partial charge in [-0.1, -0.05) is 52.9 Å². The van der Waals surface area contributed by atoms with Gasteiger partial charge in [0.15, 0.2) is 0 Å². The number of hydrogen-bond acceptors (Lipinski definition) is 9. The third kappa shape index (κ3) is 7.31. The van der Waals surface area contributed by atoms with Gasteiger partial charge in [-0.3, -0.25) is 19.8 Å². The number of rotatable bonds is 9. The molecule has 11 rings (SSSR count). The van der Waals surface area contributed by atoms with Crippen molar-refractivity contribution in [1.82, 2.24) is 65.1 Å². The van der Waals surface area contributed by atoms with Crippen LogP contribution in [0.1, 0.15) is 70.7 Å². The van der Waals surface area contributed by atoms with Gasteiger partial charge in [0.1, 0.15) is 22.8 Å².